The number of pyridine rings is 1. The van der Waals surface area contributed by atoms with E-state index in [1.165, 1.54) is 0 Å². The van der Waals surface area contributed by atoms with Crippen molar-refractivity contribution in [1.82, 2.24) is 9.71 Å². The number of nitrogens with zero attached hydrogens (tertiary/aromatic N) is 1. The summed E-state index contributed by atoms with van der Waals surface area (Å²) in [4.78, 5) is 3.98. The fourth-order valence-electron chi connectivity index (χ4n) is 1.84. The van der Waals surface area contributed by atoms with Gasteiger partial charge in [0.05, 0.1) is 5.75 Å². The summed E-state index contributed by atoms with van der Waals surface area (Å²) < 4.78 is 26.8. The monoisotopic (exact) mass is 291 g/mol. The summed E-state index contributed by atoms with van der Waals surface area (Å²) in [5.74, 6) is -0.0715. The summed E-state index contributed by atoms with van der Waals surface area (Å²) in [6, 6.07) is 10.1. The van der Waals surface area contributed by atoms with E-state index in [2.05, 4.69) is 9.71 Å². The Morgan fingerprint density at radius 1 is 1.25 bits per heavy atom. The van der Waals surface area contributed by atoms with Crippen LogP contribution in [0.4, 0.5) is 5.69 Å². The normalized spacial score (nSPS) is 13.1. The predicted octanol–water partition coefficient (Wildman–Crippen LogP) is 1.84. The van der Waals surface area contributed by atoms with E-state index in [1.807, 2.05) is 6.07 Å². The number of nitrogens with two attached hydrogens (primary N) is 1. The molecule has 0 aliphatic carbocycles. The van der Waals surface area contributed by atoms with Gasteiger partial charge in [-0.05, 0) is 36.2 Å². The van der Waals surface area contributed by atoms with Gasteiger partial charge in [0.1, 0.15) is 0 Å². The molecule has 0 amide bonds. The van der Waals surface area contributed by atoms with Crippen LogP contribution in [0.2, 0.25) is 0 Å². The van der Waals surface area contributed by atoms with Gasteiger partial charge in [0.25, 0.3) is 0 Å². The zero-order valence-electron chi connectivity index (χ0n) is 11.2. The Morgan fingerprint density at radius 2 is 1.95 bits per heavy atom. The molecule has 2 aromatic rings. The minimum atomic E-state index is -3.41. The molecule has 0 bridgehead atoms. The highest BCUT2D eigenvalue weighted by Gasteiger charge is 2.16. The van der Waals surface area contributed by atoms with Crippen LogP contribution in [0, 0.1) is 0 Å². The first-order valence-electron chi connectivity index (χ1n) is 6.20. The van der Waals surface area contributed by atoms with E-state index < -0.39 is 10.0 Å². The van der Waals surface area contributed by atoms with Gasteiger partial charge in [0.15, 0.2) is 0 Å². The van der Waals surface area contributed by atoms with Crippen molar-refractivity contribution in [3.05, 3.63) is 59.9 Å². The minimum absolute atomic E-state index is 0.0715. The molecule has 3 N–H and O–H groups in total. The second-order valence-corrected chi connectivity index (χ2v) is 6.38. The van der Waals surface area contributed by atoms with E-state index in [9.17, 15) is 8.42 Å². The van der Waals surface area contributed by atoms with Crippen LogP contribution in [-0.4, -0.2) is 13.4 Å². The van der Waals surface area contributed by atoms with Crippen LogP contribution < -0.4 is 10.5 Å². The molecule has 0 saturated carbocycles. The number of aromatic nitrogens is 1. The summed E-state index contributed by atoms with van der Waals surface area (Å²) in [5.41, 5.74) is 7.72. The van der Waals surface area contributed by atoms with Gasteiger partial charge in [0.2, 0.25) is 10.0 Å². The van der Waals surface area contributed by atoms with Gasteiger partial charge in [-0.1, -0.05) is 18.2 Å². The van der Waals surface area contributed by atoms with E-state index in [-0.39, 0.29) is 11.8 Å². The fraction of sp³-hybridized carbons (Fsp3) is 0.214. The van der Waals surface area contributed by atoms with Crippen molar-refractivity contribution in [2.45, 2.75) is 18.7 Å². The lowest BCUT2D eigenvalue weighted by Gasteiger charge is -2.14. The van der Waals surface area contributed by atoms with Gasteiger partial charge in [-0.3, -0.25) is 4.98 Å². The second-order valence-electron chi connectivity index (χ2n) is 4.63. The van der Waals surface area contributed by atoms with Crippen molar-refractivity contribution in [3.63, 3.8) is 0 Å². The molecule has 0 fully saturated rings. The summed E-state index contributed by atoms with van der Waals surface area (Å²) in [6.45, 7) is 1.79. The Hall–Kier alpha value is -1.92. The highest BCUT2D eigenvalue weighted by atomic mass is 32.2. The quantitative estimate of drug-likeness (QED) is 0.823. The number of anilines is 1. The van der Waals surface area contributed by atoms with E-state index in [1.54, 1.807) is 49.6 Å². The van der Waals surface area contributed by atoms with E-state index >= 15 is 0 Å². The Morgan fingerprint density at radius 3 is 2.55 bits per heavy atom. The molecule has 1 atom stereocenters. The molecule has 1 aromatic carbocycles. The van der Waals surface area contributed by atoms with Gasteiger partial charge in [-0.2, -0.15) is 0 Å². The van der Waals surface area contributed by atoms with E-state index in [0.717, 1.165) is 5.56 Å². The molecule has 1 aromatic heterocycles. The van der Waals surface area contributed by atoms with Crippen molar-refractivity contribution in [1.29, 1.82) is 0 Å². The third-order valence-corrected chi connectivity index (χ3v) is 4.30. The fourth-order valence-corrected chi connectivity index (χ4v) is 3.23. The zero-order valence-corrected chi connectivity index (χ0v) is 12.0. The first-order chi connectivity index (χ1) is 9.46. The molecule has 0 radical (unpaired) electrons. The van der Waals surface area contributed by atoms with Crippen molar-refractivity contribution in [3.8, 4) is 0 Å². The van der Waals surface area contributed by atoms with Gasteiger partial charge < -0.3 is 5.73 Å². The second kappa shape index (κ2) is 6.02. The SMILES string of the molecule is CC(NS(=O)(=O)Cc1ccc(N)cc1)c1cccnc1. The largest absolute Gasteiger partial charge is 0.399 e. The number of sulfonamides is 1. The molecular formula is C14H17N3O2S. The van der Waals surface area contributed by atoms with Gasteiger partial charge in [0, 0.05) is 24.1 Å². The summed E-state index contributed by atoms with van der Waals surface area (Å²) in [7, 11) is -3.41. The van der Waals surface area contributed by atoms with E-state index in [0.29, 0.717) is 11.3 Å². The molecule has 106 valence electrons. The summed E-state index contributed by atoms with van der Waals surface area (Å²) >= 11 is 0. The molecule has 2 rings (SSSR count). The van der Waals surface area contributed by atoms with Gasteiger partial charge in [-0.15, -0.1) is 0 Å². The molecule has 0 aliphatic rings. The van der Waals surface area contributed by atoms with Crippen molar-refractivity contribution in [2.75, 3.05) is 5.73 Å². The molecule has 1 heterocycles. The Labute approximate surface area is 118 Å². The number of rotatable bonds is 5. The molecule has 1 unspecified atom stereocenters. The van der Waals surface area contributed by atoms with Crippen molar-refractivity contribution in [2.24, 2.45) is 0 Å². The minimum Gasteiger partial charge on any atom is -0.399 e. The molecule has 0 aliphatic heterocycles. The molecule has 20 heavy (non-hydrogen) atoms. The smallest absolute Gasteiger partial charge is 0.216 e. The zero-order chi connectivity index (χ0) is 14.6. The maximum Gasteiger partial charge on any atom is 0.216 e. The van der Waals surface area contributed by atoms with Crippen LogP contribution in [-0.2, 0) is 15.8 Å². The van der Waals surface area contributed by atoms with Gasteiger partial charge >= 0.3 is 0 Å². The average molecular weight is 291 g/mol. The molecule has 5 nitrogen and oxygen atoms in total. The molecule has 0 saturated heterocycles. The lowest BCUT2D eigenvalue weighted by atomic mass is 10.2. The van der Waals surface area contributed by atoms with Crippen LogP contribution >= 0.6 is 0 Å². The Kier molecular flexibility index (Phi) is 4.36. The van der Waals surface area contributed by atoms with Crippen LogP contribution in [0.25, 0.3) is 0 Å². The van der Waals surface area contributed by atoms with Crippen molar-refractivity contribution < 1.29 is 8.42 Å². The number of nitrogens with one attached hydrogen (secondary N) is 1. The topological polar surface area (TPSA) is 85.1 Å². The lowest BCUT2D eigenvalue weighted by Crippen LogP contribution is -2.28. The van der Waals surface area contributed by atoms with E-state index in [4.69, 9.17) is 5.73 Å². The standard InChI is InChI=1S/C14H17N3O2S/c1-11(13-3-2-8-16-9-13)17-20(18,19)10-12-4-6-14(15)7-5-12/h2-9,11,17H,10,15H2,1H3. The van der Waals surface area contributed by atoms with Crippen LogP contribution in [0.15, 0.2) is 48.8 Å². The third kappa shape index (κ3) is 4.04. The molecule has 6 heteroatoms. The summed E-state index contributed by atoms with van der Waals surface area (Å²) in [6.07, 6.45) is 3.30. The highest BCUT2D eigenvalue weighted by Crippen LogP contribution is 2.14. The van der Waals surface area contributed by atoms with Gasteiger partial charge in [-0.25, -0.2) is 13.1 Å². The third-order valence-electron chi connectivity index (χ3n) is 2.88. The Balaban J connectivity index is 2.06. The predicted molar refractivity (Wildman–Crippen MR) is 79.3 cm³/mol. The summed E-state index contributed by atoms with van der Waals surface area (Å²) in [5, 5.41) is 0. The number of hydrogen-bond acceptors (Lipinski definition) is 4. The lowest BCUT2D eigenvalue weighted by molar-refractivity contribution is 0.565. The van der Waals surface area contributed by atoms with Crippen LogP contribution in [0.1, 0.15) is 24.1 Å². The first-order valence-corrected chi connectivity index (χ1v) is 7.86. The molecular weight excluding hydrogens is 274 g/mol. The van der Waals surface area contributed by atoms with Crippen molar-refractivity contribution >= 4 is 15.7 Å². The first kappa shape index (κ1) is 14.5. The van der Waals surface area contributed by atoms with Crippen LogP contribution in [0.3, 0.4) is 0 Å². The van der Waals surface area contributed by atoms with Crippen LogP contribution in [0.5, 0.6) is 0 Å². The maximum atomic E-state index is 12.1. The molecule has 0 spiro atoms. The average Bonchev–Trinajstić information content (AvgIpc) is 2.41. The number of hydrogen-bond donors (Lipinski definition) is 2. The number of nitrogen functional groups attached to an aromatic ring is 1. The number of benzene rings is 1. The highest BCUT2D eigenvalue weighted by molar-refractivity contribution is 7.88. The Bertz CT molecular complexity index is 655. The maximum absolute atomic E-state index is 12.1.